The number of rotatable bonds is 6. The lowest BCUT2D eigenvalue weighted by Gasteiger charge is -2.24. The van der Waals surface area contributed by atoms with Crippen molar-refractivity contribution in [3.05, 3.63) is 65.9 Å². The molecule has 1 unspecified atom stereocenters. The van der Waals surface area contributed by atoms with Gasteiger partial charge in [0.1, 0.15) is 5.75 Å². The first-order valence-corrected chi connectivity index (χ1v) is 11.0. The number of allylic oxidation sites excluding steroid dienone is 2. The van der Waals surface area contributed by atoms with Gasteiger partial charge in [-0.05, 0) is 42.8 Å². The Morgan fingerprint density at radius 2 is 1.90 bits per heavy atom. The Morgan fingerprint density at radius 3 is 2.58 bits per heavy atom. The fourth-order valence-corrected chi connectivity index (χ4v) is 4.65. The molecule has 2 heterocycles. The van der Waals surface area contributed by atoms with Gasteiger partial charge in [-0.1, -0.05) is 43.8 Å². The number of thioether (sulfide) groups is 1. The van der Waals surface area contributed by atoms with Gasteiger partial charge in [0.25, 0.3) is 0 Å². The number of ether oxygens (including phenoxy) is 1. The smallest absolute Gasteiger partial charge is 0.209 e. The van der Waals surface area contributed by atoms with Crippen LogP contribution in [0.3, 0.4) is 0 Å². The van der Waals surface area contributed by atoms with Gasteiger partial charge >= 0.3 is 0 Å². The van der Waals surface area contributed by atoms with Crippen LogP contribution < -0.4 is 9.64 Å². The van der Waals surface area contributed by atoms with Crippen LogP contribution in [-0.4, -0.2) is 40.4 Å². The molecule has 7 heteroatoms. The summed E-state index contributed by atoms with van der Waals surface area (Å²) in [6.45, 7) is 6.20. The number of H-pyrrole nitrogens is 1. The van der Waals surface area contributed by atoms with E-state index in [4.69, 9.17) is 4.74 Å². The highest BCUT2D eigenvalue weighted by Gasteiger charge is 2.38. The predicted octanol–water partition coefficient (Wildman–Crippen LogP) is 4.84. The average molecular weight is 435 g/mol. The van der Waals surface area contributed by atoms with Gasteiger partial charge in [-0.25, -0.2) is 4.98 Å². The lowest BCUT2D eigenvalue weighted by molar-refractivity contribution is -0.114. The Morgan fingerprint density at radius 1 is 1.19 bits per heavy atom. The average Bonchev–Trinajstić information content (AvgIpc) is 3.31. The van der Waals surface area contributed by atoms with Crippen molar-refractivity contribution < 1.29 is 9.53 Å². The number of para-hydroxylation sites is 1. The van der Waals surface area contributed by atoms with Gasteiger partial charge in [-0.3, -0.25) is 9.89 Å². The molecule has 0 saturated carbocycles. The van der Waals surface area contributed by atoms with Gasteiger partial charge in [0.2, 0.25) is 5.16 Å². The third-order valence-electron chi connectivity index (χ3n) is 5.73. The van der Waals surface area contributed by atoms with E-state index in [0.29, 0.717) is 11.0 Å². The van der Waals surface area contributed by atoms with Crippen molar-refractivity contribution in [2.24, 2.45) is 0 Å². The predicted molar refractivity (Wildman–Crippen MR) is 125 cm³/mol. The van der Waals surface area contributed by atoms with Crippen molar-refractivity contribution in [3.8, 4) is 17.1 Å². The molecule has 6 nitrogen and oxygen atoms in total. The number of likely N-dealkylation sites (N-methyl/N-ethyl adjacent to an activating group) is 1. The molecule has 0 fully saturated rings. The van der Waals surface area contributed by atoms with Gasteiger partial charge < -0.3 is 9.64 Å². The molecule has 3 aromatic rings. The Labute approximate surface area is 186 Å². The standard InChI is InChI=1S/C24H26N4O2S/c1-15(31-23-25-22(26-27-23)16-10-12-17(30-5)13-11-16)20(29)14-21-24(2,3)18-8-6-7-9-19(18)28(21)4/h6-15H,1-5H3,(H,25,26,27). The summed E-state index contributed by atoms with van der Waals surface area (Å²) in [5.41, 5.74) is 4.06. The molecule has 2 aromatic carbocycles. The summed E-state index contributed by atoms with van der Waals surface area (Å²) in [7, 11) is 3.65. The number of anilines is 1. The van der Waals surface area contributed by atoms with Gasteiger partial charge in [-0.2, -0.15) is 0 Å². The molecule has 1 atom stereocenters. The van der Waals surface area contributed by atoms with Gasteiger partial charge in [0, 0.05) is 35.5 Å². The van der Waals surface area contributed by atoms with E-state index in [-0.39, 0.29) is 16.4 Å². The number of aromatic amines is 1. The van der Waals surface area contributed by atoms with Crippen LogP contribution in [0.2, 0.25) is 0 Å². The van der Waals surface area contributed by atoms with E-state index in [1.807, 2.05) is 50.4 Å². The zero-order valence-corrected chi connectivity index (χ0v) is 19.2. The molecule has 0 aliphatic carbocycles. The molecule has 0 radical (unpaired) electrons. The van der Waals surface area contributed by atoms with Crippen molar-refractivity contribution in [2.75, 3.05) is 19.1 Å². The summed E-state index contributed by atoms with van der Waals surface area (Å²) in [6.07, 6.45) is 1.77. The van der Waals surface area contributed by atoms with Crippen LogP contribution in [0.25, 0.3) is 11.4 Å². The maximum atomic E-state index is 13.0. The number of carbonyl (C=O) groups is 1. The molecule has 1 aromatic heterocycles. The molecule has 0 saturated heterocycles. The second-order valence-electron chi connectivity index (χ2n) is 8.09. The second kappa shape index (κ2) is 8.23. The lowest BCUT2D eigenvalue weighted by atomic mass is 9.83. The van der Waals surface area contributed by atoms with Crippen molar-refractivity contribution in [3.63, 3.8) is 0 Å². The number of nitrogens with one attached hydrogen (secondary N) is 1. The Bertz CT molecular complexity index is 1130. The zero-order chi connectivity index (χ0) is 22.2. The van der Waals surface area contributed by atoms with E-state index in [1.54, 1.807) is 13.2 Å². The number of ketones is 1. The van der Waals surface area contributed by atoms with Crippen LogP contribution >= 0.6 is 11.8 Å². The van der Waals surface area contributed by atoms with E-state index >= 15 is 0 Å². The monoisotopic (exact) mass is 434 g/mol. The number of methoxy groups -OCH3 is 1. The van der Waals surface area contributed by atoms with Crippen LogP contribution in [0, 0.1) is 0 Å². The number of benzene rings is 2. The van der Waals surface area contributed by atoms with E-state index < -0.39 is 0 Å². The van der Waals surface area contributed by atoms with Crippen molar-refractivity contribution >= 4 is 23.2 Å². The normalized spacial score (nSPS) is 16.9. The Kier molecular flexibility index (Phi) is 5.62. The molecule has 0 amide bonds. The molecule has 1 aliphatic rings. The molecule has 1 aliphatic heterocycles. The molecule has 1 N–H and O–H groups in total. The number of nitrogens with zero attached hydrogens (tertiary/aromatic N) is 3. The van der Waals surface area contributed by atoms with Crippen molar-refractivity contribution in [1.29, 1.82) is 0 Å². The minimum atomic E-state index is -0.306. The van der Waals surface area contributed by atoms with Crippen LogP contribution in [0.15, 0.2) is 65.5 Å². The summed E-state index contributed by atoms with van der Waals surface area (Å²) in [6, 6.07) is 15.9. The first-order valence-electron chi connectivity index (χ1n) is 10.1. The molecular formula is C24H26N4O2S. The molecule has 0 bridgehead atoms. The minimum Gasteiger partial charge on any atom is -0.497 e. The highest BCUT2D eigenvalue weighted by molar-refractivity contribution is 8.00. The largest absolute Gasteiger partial charge is 0.497 e. The maximum Gasteiger partial charge on any atom is 0.209 e. The van der Waals surface area contributed by atoms with E-state index in [2.05, 4.69) is 46.1 Å². The van der Waals surface area contributed by atoms with E-state index in [0.717, 1.165) is 22.7 Å². The topological polar surface area (TPSA) is 71.1 Å². The quantitative estimate of drug-likeness (QED) is 0.442. The maximum absolute atomic E-state index is 13.0. The summed E-state index contributed by atoms with van der Waals surface area (Å²) < 4.78 is 5.19. The van der Waals surface area contributed by atoms with Crippen LogP contribution in [0.5, 0.6) is 5.75 Å². The number of fused-ring (bicyclic) bond motifs is 1. The van der Waals surface area contributed by atoms with Gasteiger partial charge in [0.05, 0.1) is 12.4 Å². The molecule has 160 valence electrons. The number of aromatic nitrogens is 3. The molecule has 4 rings (SSSR count). The highest BCUT2D eigenvalue weighted by atomic mass is 32.2. The SMILES string of the molecule is COc1ccc(-c2nc(SC(C)C(=O)C=C3N(C)c4ccccc4C3(C)C)n[nH]2)cc1. The number of carbonyl (C=O) groups excluding carboxylic acids is 1. The van der Waals surface area contributed by atoms with Crippen LogP contribution in [0.1, 0.15) is 26.3 Å². The Hall–Kier alpha value is -3.06. The molecule has 31 heavy (non-hydrogen) atoms. The first kappa shape index (κ1) is 21.2. The minimum absolute atomic E-state index is 0.0449. The molecular weight excluding hydrogens is 408 g/mol. The fourth-order valence-electron chi connectivity index (χ4n) is 3.90. The van der Waals surface area contributed by atoms with Crippen molar-refractivity contribution in [2.45, 2.75) is 36.6 Å². The summed E-state index contributed by atoms with van der Waals surface area (Å²) in [5.74, 6) is 1.49. The third-order valence-corrected chi connectivity index (χ3v) is 6.71. The van der Waals surface area contributed by atoms with Gasteiger partial charge in [0.15, 0.2) is 11.6 Å². The number of hydrogen-bond donors (Lipinski definition) is 1. The second-order valence-corrected chi connectivity index (χ2v) is 9.40. The Balaban J connectivity index is 1.49. The van der Waals surface area contributed by atoms with Crippen LogP contribution in [-0.2, 0) is 10.2 Å². The highest BCUT2D eigenvalue weighted by Crippen LogP contribution is 2.46. The summed E-state index contributed by atoms with van der Waals surface area (Å²) in [4.78, 5) is 19.7. The number of hydrogen-bond acceptors (Lipinski definition) is 6. The fraction of sp³-hybridized carbons (Fsp3) is 0.292. The van der Waals surface area contributed by atoms with Gasteiger partial charge in [-0.15, -0.1) is 5.10 Å². The van der Waals surface area contributed by atoms with Crippen LogP contribution in [0.4, 0.5) is 5.69 Å². The van der Waals surface area contributed by atoms with E-state index in [9.17, 15) is 4.79 Å². The summed E-state index contributed by atoms with van der Waals surface area (Å²) in [5, 5.41) is 7.47. The molecule has 0 spiro atoms. The summed E-state index contributed by atoms with van der Waals surface area (Å²) >= 11 is 1.35. The zero-order valence-electron chi connectivity index (χ0n) is 18.3. The first-order chi connectivity index (χ1) is 14.8. The lowest BCUT2D eigenvalue weighted by Crippen LogP contribution is -2.25. The van der Waals surface area contributed by atoms with Crippen molar-refractivity contribution in [1.82, 2.24) is 15.2 Å². The third kappa shape index (κ3) is 3.97. The van der Waals surface area contributed by atoms with E-state index in [1.165, 1.54) is 17.3 Å².